The van der Waals surface area contributed by atoms with Crippen LogP contribution in [-0.4, -0.2) is 26.0 Å². The number of hydrogen-bond donors (Lipinski definition) is 0. The first-order valence-electron chi connectivity index (χ1n) is 6.81. The third-order valence-electron chi connectivity index (χ3n) is 3.67. The molecule has 0 bridgehead atoms. The van der Waals surface area contributed by atoms with Gasteiger partial charge in [-0.15, -0.1) is 0 Å². The van der Waals surface area contributed by atoms with Crippen LogP contribution in [0.25, 0.3) is 0 Å². The summed E-state index contributed by atoms with van der Waals surface area (Å²) in [6.45, 7) is 2.25. The molecular formula is C16H17NO3S. The smallest absolute Gasteiger partial charge is 0.245 e. The van der Waals surface area contributed by atoms with Gasteiger partial charge in [0.1, 0.15) is 6.73 Å². The van der Waals surface area contributed by atoms with Crippen molar-refractivity contribution in [2.24, 2.45) is 0 Å². The molecule has 4 nitrogen and oxygen atoms in total. The molecule has 1 heterocycles. The Labute approximate surface area is 125 Å². The zero-order chi connectivity index (χ0) is 14.9. The molecule has 0 spiro atoms. The summed E-state index contributed by atoms with van der Waals surface area (Å²) in [5, 5.41) is 0. The molecule has 0 aromatic heterocycles. The van der Waals surface area contributed by atoms with Gasteiger partial charge in [-0.25, -0.2) is 8.42 Å². The van der Waals surface area contributed by atoms with Crippen LogP contribution >= 0.6 is 0 Å². The summed E-state index contributed by atoms with van der Waals surface area (Å²) < 4.78 is 32.4. The molecule has 0 N–H and O–H groups in total. The molecule has 2 aromatic carbocycles. The second-order valence-corrected chi connectivity index (χ2v) is 7.01. The first-order valence-corrected chi connectivity index (χ1v) is 8.25. The van der Waals surface area contributed by atoms with E-state index in [0.29, 0.717) is 11.4 Å². The maximum absolute atomic E-state index is 12.7. The van der Waals surface area contributed by atoms with E-state index >= 15 is 0 Å². The lowest BCUT2D eigenvalue weighted by Crippen LogP contribution is -2.29. The lowest BCUT2D eigenvalue weighted by Gasteiger charge is -2.16. The van der Waals surface area contributed by atoms with Crippen molar-refractivity contribution in [2.45, 2.75) is 17.9 Å². The molecule has 3 rings (SSSR count). The SMILES string of the molecule is Cc1ccccc1S(=O)(=O)N1COC(c2ccccc2)C1. The van der Waals surface area contributed by atoms with Crippen molar-refractivity contribution in [3.05, 3.63) is 65.7 Å². The molecule has 110 valence electrons. The monoisotopic (exact) mass is 303 g/mol. The molecule has 0 amide bonds. The van der Waals surface area contributed by atoms with Gasteiger partial charge in [-0.2, -0.15) is 4.31 Å². The Morgan fingerprint density at radius 3 is 2.43 bits per heavy atom. The average molecular weight is 303 g/mol. The Kier molecular flexibility index (Phi) is 3.80. The van der Waals surface area contributed by atoms with Crippen LogP contribution in [0.5, 0.6) is 0 Å². The first-order chi connectivity index (χ1) is 10.1. The van der Waals surface area contributed by atoms with Crippen LogP contribution in [-0.2, 0) is 14.8 Å². The summed E-state index contributed by atoms with van der Waals surface area (Å²) in [6, 6.07) is 16.7. The Balaban J connectivity index is 1.85. The van der Waals surface area contributed by atoms with Gasteiger partial charge >= 0.3 is 0 Å². The number of hydrogen-bond acceptors (Lipinski definition) is 3. The van der Waals surface area contributed by atoms with E-state index in [9.17, 15) is 8.42 Å². The normalized spacial score (nSPS) is 19.8. The van der Waals surface area contributed by atoms with Crippen molar-refractivity contribution in [1.82, 2.24) is 4.31 Å². The predicted molar refractivity (Wildman–Crippen MR) is 80.2 cm³/mol. The third-order valence-corrected chi connectivity index (χ3v) is 5.62. The maximum Gasteiger partial charge on any atom is 0.245 e. The van der Waals surface area contributed by atoms with Crippen molar-refractivity contribution in [3.63, 3.8) is 0 Å². The molecule has 1 aliphatic heterocycles. The van der Waals surface area contributed by atoms with Gasteiger partial charge in [-0.3, -0.25) is 0 Å². The lowest BCUT2D eigenvalue weighted by molar-refractivity contribution is 0.104. The quantitative estimate of drug-likeness (QED) is 0.876. The number of nitrogens with zero attached hydrogens (tertiary/aromatic N) is 1. The summed E-state index contributed by atoms with van der Waals surface area (Å²) in [5.41, 5.74) is 1.75. The lowest BCUT2D eigenvalue weighted by atomic mass is 10.1. The summed E-state index contributed by atoms with van der Waals surface area (Å²) in [7, 11) is -3.50. The Bertz CT molecular complexity index is 728. The van der Waals surface area contributed by atoms with E-state index < -0.39 is 10.0 Å². The van der Waals surface area contributed by atoms with Gasteiger partial charge in [0.25, 0.3) is 0 Å². The average Bonchev–Trinajstić information content (AvgIpc) is 2.99. The summed E-state index contributed by atoms with van der Waals surface area (Å²) >= 11 is 0. The fourth-order valence-corrected chi connectivity index (χ4v) is 4.02. The van der Waals surface area contributed by atoms with E-state index in [2.05, 4.69) is 0 Å². The van der Waals surface area contributed by atoms with E-state index in [1.54, 1.807) is 25.1 Å². The van der Waals surface area contributed by atoms with Gasteiger partial charge in [0.05, 0.1) is 11.0 Å². The highest BCUT2D eigenvalue weighted by molar-refractivity contribution is 7.89. The summed E-state index contributed by atoms with van der Waals surface area (Å²) in [6.07, 6.45) is -0.204. The molecule has 0 aliphatic carbocycles. The fraction of sp³-hybridized carbons (Fsp3) is 0.250. The van der Waals surface area contributed by atoms with Crippen LogP contribution in [0.4, 0.5) is 0 Å². The topological polar surface area (TPSA) is 46.6 Å². The van der Waals surface area contributed by atoms with E-state index in [0.717, 1.165) is 11.1 Å². The Morgan fingerprint density at radius 2 is 1.71 bits per heavy atom. The molecule has 1 saturated heterocycles. The van der Waals surface area contributed by atoms with Crippen LogP contribution in [0, 0.1) is 6.92 Å². The van der Waals surface area contributed by atoms with Crippen molar-refractivity contribution >= 4 is 10.0 Å². The summed E-state index contributed by atoms with van der Waals surface area (Å²) in [4.78, 5) is 0.349. The molecule has 1 unspecified atom stereocenters. The molecule has 0 radical (unpaired) electrons. The zero-order valence-electron chi connectivity index (χ0n) is 11.8. The van der Waals surface area contributed by atoms with E-state index in [4.69, 9.17) is 4.74 Å². The number of aryl methyl sites for hydroxylation is 1. The molecule has 0 saturated carbocycles. The van der Waals surface area contributed by atoms with E-state index in [1.807, 2.05) is 36.4 Å². The Morgan fingerprint density at radius 1 is 1.05 bits per heavy atom. The van der Waals surface area contributed by atoms with Gasteiger partial charge in [-0.05, 0) is 24.1 Å². The number of ether oxygens (including phenoxy) is 1. The molecule has 1 atom stereocenters. The highest BCUT2D eigenvalue weighted by Gasteiger charge is 2.34. The van der Waals surface area contributed by atoms with Crippen molar-refractivity contribution in [3.8, 4) is 0 Å². The van der Waals surface area contributed by atoms with E-state index in [-0.39, 0.29) is 12.8 Å². The predicted octanol–water partition coefficient (Wildman–Crippen LogP) is 2.71. The largest absolute Gasteiger partial charge is 0.356 e. The Hall–Kier alpha value is -1.69. The molecule has 21 heavy (non-hydrogen) atoms. The van der Waals surface area contributed by atoms with Crippen LogP contribution in [0.15, 0.2) is 59.5 Å². The van der Waals surface area contributed by atoms with Gasteiger partial charge in [0, 0.05) is 6.54 Å². The van der Waals surface area contributed by atoms with Crippen LogP contribution < -0.4 is 0 Å². The minimum Gasteiger partial charge on any atom is -0.356 e. The minimum absolute atomic E-state index is 0.0935. The number of rotatable bonds is 3. The molecule has 1 aliphatic rings. The van der Waals surface area contributed by atoms with Crippen molar-refractivity contribution in [2.75, 3.05) is 13.3 Å². The van der Waals surface area contributed by atoms with E-state index in [1.165, 1.54) is 4.31 Å². The molecular weight excluding hydrogens is 286 g/mol. The minimum atomic E-state index is -3.50. The van der Waals surface area contributed by atoms with Crippen molar-refractivity contribution < 1.29 is 13.2 Å². The summed E-state index contributed by atoms with van der Waals surface area (Å²) in [5.74, 6) is 0. The van der Waals surface area contributed by atoms with Crippen LogP contribution in [0.1, 0.15) is 17.2 Å². The molecule has 1 fully saturated rings. The third kappa shape index (κ3) is 2.72. The van der Waals surface area contributed by atoms with Crippen LogP contribution in [0.3, 0.4) is 0 Å². The van der Waals surface area contributed by atoms with Gasteiger partial charge in [0.2, 0.25) is 10.0 Å². The number of benzene rings is 2. The highest BCUT2D eigenvalue weighted by atomic mass is 32.2. The highest BCUT2D eigenvalue weighted by Crippen LogP contribution is 2.29. The fourth-order valence-electron chi connectivity index (χ4n) is 2.49. The van der Waals surface area contributed by atoms with Crippen LogP contribution in [0.2, 0.25) is 0 Å². The maximum atomic E-state index is 12.7. The standard InChI is InChI=1S/C16H17NO3S/c1-13-7-5-6-10-16(13)21(18,19)17-11-15(20-12-17)14-8-3-2-4-9-14/h2-10,15H,11-12H2,1H3. The van der Waals surface area contributed by atoms with Gasteiger partial charge < -0.3 is 4.74 Å². The molecule has 2 aromatic rings. The second kappa shape index (κ2) is 5.60. The van der Waals surface area contributed by atoms with Crippen molar-refractivity contribution in [1.29, 1.82) is 0 Å². The molecule has 5 heteroatoms. The first kappa shape index (κ1) is 14.3. The van der Waals surface area contributed by atoms with Gasteiger partial charge in [0.15, 0.2) is 0 Å². The second-order valence-electron chi connectivity index (χ2n) is 5.10. The number of sulfonamides is 1. The zero-order valence-corrected chi connectivity index (χ0v) is 12.6. The van der Waals surface area contributed by atoms with Gasteiger partial charge in [-0.1, -0.05) is 48.5 Å².